The fourth-order valence-corrected chi connectivity index (χ4v) is 3.17. The molecule has 0 bridgehead atoms. The zero-order valence-corrected chi connectivity index (χ0v) is 16.0. The number of furan rings is 1. The summed E-state index contributed by atoms with van der Waals surface area (Å²) in [5.74, 6) is -0.0594. The third-order valence-electron chi connectivity index (χ3n) is 4.68. The number of benzene rings is 2. The molecule has 7 heteroatoms. The van der Waals surface area contributed by atoms with E-state index in [0.29, 0.717) is 11.4 Å². The van der Waals surface area contributed by atoms with Crippen LogP contribution in [0.5, 0.6) is 0 Å². The Morgan fingerprint density at radius 2 is 1.63 bits per heavy atom. The summed E-state index contributed by atoms with van der Waals surface area (Å²) >= 11 is 0. The highest BCUT2D eigenvalue weighted by Gasteiger charge is 2.23. The third-order valence-corrected chi connectivity index (χ3v) is 4.68. The second-order valence-corrected chi connectivity index (χ2v) is 6.69. The zero-order chi connectivity index (χ0) is 20.9. The van der Waals surface area contributed by atoms with Crippen LogP contribution in [0.25, 0.3) is 0 Å². The molecule has 0 aliphatic rings. The van der Waals surface area contributed by atoms with E-state index in [1.54, 1.807) is 24.3 Å². The van der Waals surface area contributed by atoms with Crippen molar-refractivity contribution in [3.8, 4) is 0 Å². The zero-order valence-electron chi connectivity index (χ0n) is 16.0. The second kappa shape index (κ2) is 8.48. The van der Waals surface area contributed by atoms with E-state index >= 15 is 0 Å². The maximum atomic E-state index is 13.4. The number of amides is 1. The van der Waals surface area contributed by atoms with Crippen molar-refractivity contribution in [2.75, 3.05) is 4.90 Å². The fraction of sp³-hybridized carbons (Fsp3) is 0.0870. The highest BCUT2D eigenvalue weighted by atomic mass is 16.3. The Bertz CT molecular complexity index is 1240. The van der Waals surface area contributed by atoms with Crippen LogP contribution in [0.2, 0.25) is 0 Å². The first-order valence-electron chi connectivity index (χ1n) is 9.39. The molecular weight excluding hydrogens is 382 g/mol. The van der Waals surface area contributed by atoms with Crippen molar-refractivity contribution < 1.29 is 9.21 Å². The van der Waals surface area contributed by atoms with Gasteiger partial charge >= 0.3 is 5.69 Å². The van der Waals surface area contributed by atoms with Crippen LogP contribution < -0.4 is 16.1 Å². The van der Waals surface area contributed by atoms with Gasteiger partial charge in [0.2, 0.25) is 0 Å². The molecule has 1 amide bonds. The number of nitrogens with one attached hydrogen (secondary N) is 1. The minimum Gasteiger partial charge on any atom is -0.467 e. The maximum Gasteiger partial charge on any atom is 0.328 e. The smallest absolute Gasteiger partial charge is 0.328 e. The molecule has 4 rings (SSSR count). The lowest BCUT2D eigenvalue weighted by molar-refractivity contribution is 0.0982. The Kier molecular flexibility index (Phi) is 5.43. The van der Waals surface area contributed by atoms with E-state index in [4.69, 9.17) is 4.42 Å². The van der Waals surface area contributed by atoms with Gasteiger partial charge in [0.05, 0.1) is 19.4 Å². The summed E-state index contributed by atoms with van der Waals surface area (Å²) in [7, 11) is 0. The van der Waals surface area contributed by atoms with Gasteiger partial charge in [-0.1, -0.05) is 48.5 Å². The van der Waals surface area contributed by atoms with E-state index in [2.05, 4.69) is 4.98 Å². The largest absolute Gasteiger partial charge is 0.467 e. The highest BCUT2D eigenvalue weighted by Crippen LogP contribution is 2.19. The summed E-state index contributed by atoms with van der Waals surface area (Å²) in [5, 5.41) is 0. The standard InChI is InChI=1S/C23H19N3O4/c27-21(20-14-24-23(29)26(22(20)28)16-19-12-7-13-30-19)25(18-10-5-2-6-11-18)15-17-8-3-1-4-9-17/h1-14H,15-16H2,(H,24,29). The number of carbonyl (C=O) groups is 1. The Labute approximate surface area is 171 Å². The van der Waals surface area contributed by atoms with Gasteiger partial charge in [0, 0.05) is 11.9 Å². The topological polar surface area (TPSA) is 88.3 Å². The van der Waals surface area contributed by atoms with Crippen LogP contribution in [0, 0.1) is 0 Å². The molecule has 0 aliphatic heterocycles. The van der Waals surface area contributed by atoms with Gasteiger partial charge in [0.15, 0.2) is 0 Å². The van der Waals surface area contributed by atoms with Crippen molar-refractivity contribution in [3.63, 3.8) is 0 Å². The molecule has 0 spiro atoms. The molecule has 0 saturated carbocycles. The van der Waals surface area contributed by atoms with Gasteiger partial charge in [0.1, 0.15) is 11.3 Å². The van der Waals surface area contributed by atoms with E-state index in [9.17, 15) is 14.4 Å². The van der Waals surface area contributed by atoms with Crippen LogP contribution in [0.15, 0.2) is 99.3 Å². The lowest BCUT2D eigenvalue weighted by atomic mass is 10.1. The normalized spacial score (nSPS) is 10.7. The number of nitrogens with zero attached hydrogens (tertiary/aromatic N) is 2. The summed E-state index contributed by atoms with van der Waals surface area (Å²) in [6.45, 7) is 0.215. The number of carbonyl (C=O) groups excluding carboxylic acids is 1. The predicted molar refractivity (Wildman–Crippen MR) is 113 cm³/mol. The maximum absolute atomic E-state index is 13.4. The monoisotopic (exact) mass is 401 g/mol. The third kappa shape index (κ3) is 4.00. The van der Waals surface area contributed by atoms with Crippen molar-refractivity contribution in [1.82, 2.24) is 9.55 Å². The van der Waals surface area contributed by atoms with E-state index in [1.165, 1.54) is 17.4 Å². The van der Waals surface area contributed by atoms with Crippen LogP contribution in [-0.4, -0.2) is 15.5 Å². The molecule has 30 heavy (non-hydrogen) atoms. The van der Waals surface area contributed by atoms with E-state index in [0.717, 1.165) is 10.1 Å². The molecule has 1 N–H and O–H groups in total. The predicted octanol–water partition coefficient (Wildman–Crippen LogP) is 3.02. The SMILES string of the molecule is O=C(c1c[nH]c(=O)n(Cc2ccco2)c1=O)N(Cc1ccccc1)c1ccccc1. The van der Waals surface area contributed by atoms with Crippen molar-refractivity contribution in [2.45, 2.75) is 13.1 Å². The first kappa shape index (κ1) is 19.2. The number of anilines is 1. The van der Waals surface area contributed by atoms with Gasteiger partial charge in [-0.2, -0.15) is 0 Å². The molecule has 0 atom stereocenters. The van der Waals surface area contributed by atoms with Crippen LogP contribution in [0.1, 0.15) is 21.7 Å². The van der Waals surface area contributed by atoms with E-state index < -0.39 is 17.2 Å². The molecule has 4 aromatic rings. The number of aromatic amines is 1. The number of rotatable bonds is 6. The molecule has 0 unspecified atom stereocenters. The van der Waals surface area contributed by atoms with Gasteiger partial charge < -0.3 is 14.3 Å². The molecule has 2 heterocycles. The Morgan fingerprint density at radius 3 is 2.30 bits per heavy atom. The molecule has 0 aliphatic carbocycles. The molecule has 0 fully saturated rings. The molecule has 7 nitrogen and oxygen atoms in total. The molecule has 0 saturated heterocycles. The molecule has 150 valence electrons. The van der Waals surface area contributed by atoms with Crippen LogP contribution in [-0.2, 0) is 13.1 Å². The van der Waals surface area contributed by atoms with Gasteiger partial charge in [-0.3, -0.25) is 14.2 Å². The molecule has 2 aromatic carbocycles. The summed E-state index contributed by atoms with van der Waals surface area (Å²) in [6, 6.07) is 21.9. The van der Waals surface area contributed by atoms with Crippen molar-refractivity contribution in [1.29, 1.82) is 0 Å². The summed E-state index contributed by atoms with van der Waals surface area (Å²) in [4.78, 5) is 42.6. The summed E-state index contributed by atoms with van der Waals surface area (Å²) < 4.78 is 6.19. The Balaban J connectivity index is 1.74. The molecule has 2 aromatic heterocycles. The number of aromatic nitrogens is 2. The van der Waals surface area contributed by atoms with Gasteiger partial charge in [-0.25, -0.2) is 4.79 Å². The fourth-order valence-electron chi connectivity index (χ4n) is 3.17. The van der Waals surface area contributed by atoms with Crippen molar-refractivity contribution in [2.24, 2.45) is 0 Å². The van der Waals surface area contributed by atoms with Crippen LogP contribution >= 0.6 is 0 Å². The van der Waals surface area contributed by atoms with Gasteiger partial charge in [-0.15, -0.1) is 0 Å². The molecule has 0 radical (unpaired) electrons. The average Bonchev–Trinajstić information content (AvgIpc) is 3.29. The van der Waals surface area contributed by atoms with Crippen LogP contribution in [0.3, 0.4) is 0 Å². The van der Waals surface area contributed by atoms with Crippen LogP contribution in [0.4, 0.5) is 5.69 Å². The lowest BCUT2D eigenvalue weighted by Gasteiger charge is -2.23. The van der Waals surface area contributed by atoms with Gasteiger partial charge in [-0.05, 0) is 29.8 Å². The summed E-state index contributed by atoms with van der Waals surface area (Å²) in [5.41, 5.74) is 0.155. The van der Waals surface area contributed by atoms with Crippen molar-refractivity contribution >= 4 is 11.6 Å². The second-order valence-electron chi connectivity index (χ2n) is 6.69. The Hall–Kier alpha value is -4.13. The highest BCUT2D eigenvalue weighted by molar-refractivity contribution is 6.05. The van der Waals surface area contributed by atoms with Gasteiger partial charge in [0.25, 0.3) is 11.5 Å². The summed E-state index contributed by atoms with van der Waals surface area (Å²) in [6.07, 6.45) is 2.63. The first-order valence-corrected chi connectivity index (χ1v) is 9.39. The average molecular weight is 401 g/mol. The number of hydrogen-bond acceptors (Lipinski definition) is 4. The van der Waals surface area contributed by atoms with E-state index in [-0.39, 0.29) is 18.7 Å². The number of para-hydroxylation sites is 1. The molecular formula is C23H19N3O4. The minimum absolute atomic E-state index is 0.0632. The van der Waals surface area contributed by atoms with Crippen molar-refractivity contribution in [3.05, 3.63) is 123 Å². The number of hydrogen-bond donors (Lipinski definition) is 1. The first-order chi connectivity index (χ1) is 14.6. The lowest BCUT2D eigenvalue weighted by Crippen LogP contribution is -2.42. The van der Waals surface area contributed by atoms with E-state index in [1.807, 2.05) is 48.5 Å². The number of H-pyrrole nitrogens is 1. The quantitative estimate of drug-likeness (QED) is 0.538. The Morgan fingerprint density at radius 1 is 0.933 bits per heavy atom. The minimum atomic E-state index is -0.672.